The van der Waals surface area contributed by atoms with Crippen LogP contribution < -0.4 is 0 Å². The molecular formula is C68H110O33. The molecule has 0 aromatic carbocycles. The van der Waals surface area contributed by atoms with Gasteiger partial charge < -0.3 is 152 Å². The third-order valence-electron chi connectivity index (χ3n) is 24.8. The summed E-state index contributed by atoms with van der Waals surface area (Å²) in [6.45, 7) is 11.8. The summed E-state index contributed by atoms with van der Waals surface area (Å²) in [6, 6.07) is 0. The number of methoxy groups -OCH3 is 2. The number of fused-ring (bicyclic) bond motifs is 4. The average Bonchev–Trinajstić information content (AvgIpc) is 1.53. The van der Waals surface area contributed by atoms with Gasteiger partial charge in [0.25, 0.3) is 0 Å². The number of hydrogen-bond donors (Lipinski definition) is 15. The summed E-state index contributed by atoms with van der Waals surface area (Å²) in [4.78, 5) is 27.2. The second-order valence-electron chi connectivity index (χ2n) is 31.4. The van der Waals surface area contributed by atoms with E-state index in [1.54, 1.807) is 0 Å². The predicted molar refractivity (Wildman–Crippen MR) is 337 cm³/mol. The van der Waals surface area contributed by atoms with Gasteiger partial charge in [-0.15, -0.1) is 0 Å². The SMILES string of the molecule is COC1C(O)C(CO)OC(OC2C(O)COC(OC3C(CO)OC(OC4C(OC5CCC6(C)C7CCC89C(=O)OC(C)(CC(CC(C)C)OC(C)=O)C8CCC9(C)C7=CCC6C5(C)C)OCC(OC5OC(CO)C(O)C(OC6OC(CO)C(O)C(OC)C6O)C5O)C4O)C(O)C3O)C2O)C1O. The lowest BCUT2D eigenvalue weighted by Crippen LogP contribution is -2.67. The lowest BCUT2D eigenvalue weighted by Gasteiger charge is -2.64. The van der Waals surface area contributed by atoms with Crippen molar-refractivity contribution in [3.63, 3.8) is 0 Å². The molecule has 580 valence electrons. The molecule has 0 bridgehead atoms. The van der Waals surface area contributed by atoms with Crippen LogP contribution >= 0.6 is 0 Å². The molecule has 15 N–H and O–H groups in total. The zero-order chi connectivity index (χ0) is 73.5. The van der Waals surface area contributed by atoms with Crippen molar-refractivity contribution < 1.29 is 162 Å². The van der Waals surface area contributed by atoms with E-state index in [-0.39, 0.29) is 41.0 Å². The van der Waals surface area contributed by atoms with Crippen molar-refractivity contribution in [2.24, 2.45) is 45.3 Å². The summed E-state index contributed by atoms with van der Waals surface area (Å²) in [5.41, 5.74) is -1.92. The average molecular weight is 1460 g/mol. The van der Waals surface area contributed by atoms with Gasteiger partial charge in [-0.1, -0.05) is 53.2 Å². The fourth-order valence-corrected chi connectivity index (χ4v) is 19.6. The van der Waals surface area contributed by atoms with Gasteiger partial charge >= 0.3 is 11.9 Å². The van der Waals surface area contributed by atoms with Crippen LogP contribution in [-0.2, 0) is 85.4 Å². The molecule has 33 heteroatoms. The minimum atomic E-state index is -2.13. The van der Waals surface area contributed by atoms with Crippen LogP contribution in [0.25, 0.3) is 0 Å². The fraction of sp³-hybridized carbons (Fsp3) is 0.941. The highest BCUT2D eigenvalue weighted by molar-refractivity contribution is 5.83. The maximum atomic E-state index is 14.8. The van der Waals surface area contributed by atoms with Crippen molar-refractivity contribution in [1.82, 2.24) is 0 Å². The van der Waals surface area contributed by atoms with E-state index in [9.17, 15) is 86.2 Å². The van der Waals surface area contributed by atoms with Crippen molar-refractivity contribution in [3.05, 3.63) is 11.6 Å². The first-order chi connectivity index (χ1) is 47.7. The standard InChI is InChI=1S/C68H110O33/c1-27(2)19-29(90-28(3)73)20-67(8)39-14-17-66(7)31-11-12-38-64(4,5)40(15-16-65(38,6)30(31)13-18-68(39,66)63(85)101-67)96-62-56(44(78)37(26-89-62)95-59-50(84)55(43(77)35(23-71)91-59)99-61-49(83)54(87-10)42(76)34(22-70)93-61)100-58-46(80)45(79)52(36(24-72)94-58)98-57-47(81)51(32(74)25-88-57)97-60-48(82)53(86-9)41(75)33(21-69)92-60/h11,27,29-30,32-62,69-72,74-84H,12-26H2,1-10H3. The summed E-state index contributed by atoms with van der Waals surface area (Å²) in [5, 5.41) is 167. The summed E-state index contributed by atoms with van der Waals surface area (Å²) >= 11 is 0. The number of aliphatic hydroxyl groups is 15. The van der Waals surface area contributed by atoms with Crippen LogP contribution in [-0.4, -0.2) is 332 Å². The Hall–Kier alpha value is -2.48. The van der Waals surface area contributed by atoms with Gasteiger partial charge in [0, 0.05) is 38.9 Å². The lowest BCUT2D eigenvalue weighted by atomic mass is 9.41. The van der Waals surface area contributed by atoms with Crippen LogP contribution in [0.15, 0.2) is 11.6 Å². The first-order valence-electron chi connectivity index (χ1n) is 35.6. The molecule has 3 saturated carbocycles. The summed E-state index contributed by atoms with van der Waals surface area (Å²) in [7, 11) is 2.37. The number of rotatable bonds is 23. The van der Waals surface area contributed by atoms with Crippen molar-refractivity contribution in [2.45, 2.75) is 303 Å². The topological polar surface area (TPSA) is 485 Å². The number of carbonyl (C=O) groups excluding carboxylic acids is 2. The molecule has 7 aliphatic heterocycles. The van der Waals surface area contributed by atoms with Gasteiger partial charge in [0.1, 0.15) is 146 Å². The van der Waals surface area contributed by atoms with E-state index < -0.39 is 246 Å². The molecule has 7 saturated heterocycles. The van der Waals surface area contributed by atoms with Crippen LogP contribution in [0.3, 0.4) is 0 Å². The van der Waals surface area contributed by atoms with Gasteiger partial charge in [0.2, 0.25) is 0 Å². The monoisotopic (exact) mass is 1450 g/mol. The van der Waals surface area contributed by atoms with Crippen LogP contribution in [0.5, 0.6) is 0 Å². The molecule has 10 fully saturated rings. The highest BCUT2D eigenvalue weighted by atomic mass is 16.8. The highest BCUT2D eigenvalue weighted by Gasteiger charge is 2.77. The van der Waals surface area contributed by atoms with Gasteiger partial charge in [0.15, 0.2) is 37.7 Å². The molecule has 11 rings (SSSR count). The van der Waals surface area contributed by atoms with Crippen LogP contribution in [0.1, 0.15) is 113 Å². The van der Waals surface area contributed by atoms with Crippen LogP contribution in [0, 0.1) is 45.3 Å². The largest absolute Gasteiger partial charge is 0.462 e. The Kier molecular flexibility index (Phi) is 24.6. The number of allylic oxidation sites excluding steroid dienone is 2. The molecule has 0 radical (unpaired) electrons. The van der Waals surface area contributed by atoms with E-state index in [1.165, 1.54) is 26.7 Å². The van der Waals surface area contributed by atoms with Crippen molar-refractivity contribution in [2.75, 3.05) is 53.9 Å². The second kappa shape index (κ2) is 31.2. The normalized spacial score (nSPS) is 50.9. The number of cyclic esters (lactones) is 1. The van der Waals surface area contributed by atoms with Gasteiger partial charge in [-0.3, -0.25) is 9.59 Å². The predicted octanol–water partition coefficient (Wildman–Crippen LogP) is -3.85. The summed E-state index contributed by atoms with van der Waals surface area (Å²) in [6.07, 6.45) is -41.1. The first kappa shape index (κ1) is 79.6. The van der Waals surface area contributed by atoms with E-state index >= 15 is 0 Å². The third-order valence-corrected chi connectivity index (χ3v) is 24.8. The number of aliphatic hydroxyl groups excluding tert-OH is 15. The molecule has 37 unspecified atom stereocenters. The Morgan fingerprint density at radius 2 is 1.05 bits per heavy atom. The molecule has 1 spiro atoms. The minimum Gasteiger partial charge on any atom is -0.462 e. The van der Waals surface area contributed by atoms with Crippen molar-refractivity contribution in [3.8, 4) is 0 Å². The van der Waals surface area contributed by atoms with Crippen molar-refractivity contribution >= 4 is 11.9 Å². The zero-order valence-corrected chi connectivity index (χ0v) is 58.9. The minimum absolute atomic E-state index is 0.0434. The molecule has 101 heavy (non-hydrogen) atoms. The Balaban J connectivity index is 0.836. The Bertz CT molecular complexity index is 2820. The zero-order valence-electron chi connectivity index (χ0n) is 58.9. The Morgan fingerprint density at radius 3 is 1.62 bits per heavy atom. The summed E-state index contributed by atoms with van der Waals surface area (Å²) < 4.78 is 95.8. The fourth-order valence-electron chi connectivity index (χ4n) is 19.6. The molecule has 4 aliphatic carbocycles. The molecule has 7 heterocycles. The van der Waals surface area contributed by atoms with E-state index in [0.717, 1.165) is 12.8 Å². The van der Waals surface area contributed by atoms with Crippen molar-refractivity contribution in [1.29, 1.82) is 0 Å². The van der Waals surface area contributed by atoms with Gasteiger partial charge in [-0.05, 0) is 86.9 Å². The van der Waals surface area contributed by atoms with Crippen LogP contribution in [0.4, 0.5) is 0 Å². The highest BCUT2D eigenvalue weighted by Crippen LogP contribution is 2.76. The lowest BCUT2D eigenvalue weighted by molar-refractivity contribution is -0.396. The third kappa shape index (κ3) is 14.3. The molecule has 0 aromatic heterocycles. The molecule has 0 aromatic rings. The molecule has 37 atom stereocenters. The molecule has 33 nitrogen and oxygen atoms in total. The second-order valence-corrected chi connectivity index (χ2v) is 31.4. The van der Waals surface area contributed by atoms with Gasteiger partial charge in [-0.2, -0.15) is 0 Å². The van der Waals surface area contributed by atoms with Gasteiger partial charge in [-0.25, -0.2) is 0 Å². The van der Waals surface area contributed by atoms with E-state index in [1.807, 2.05) is 6.92 Å². The van der Waals surface area contributed by atoms with E-state index in [4.69, 9.17) is 75.8 Å². The maximum absolute atomic E-state index is 14.8. The molecule has 0 amide bonds. The number of carbonyl (C=O) groups is 2. The number of esters is 2. The summed E-state index contributed by atoms with van der Waals surface area (Å²) in [5.74, 6) is -0.435. The van der Waals surface area contributed by atoms with Crippen LogP contribution in [0.2, 0.25) is 0 Å². The Labute approximate surface area is 585 Å². The van der Waals surface area contributed by atoms with E-state index in [2.05, 4.69) is 47.6 Å². The number of hydrogen-bond acceptors (Lipinski definition) is 33. The Morgan fingerprint density at radius 1 is 0.535 bits per heavy atom. The molecule has 11 aliphatic rings. The van der Waals surface area contributed by atoms with Gasteiger partial charge in [0.05, 0.1) is 51.2 Å². The maximum Gasteiger partial charge on any atom is 0.313 e. The smallest absolute Gasteiger partial charge is 0.313 e. The number of ether oxygens (including phenoxy) is 16. The van der Waals surface area contributed by atoms with E-state index in [0.29, 0.717) is 44.9 Å². The molecular weight excluding hydrogens is 1340 g/mol. The first-order valence-corrected chi connectivity index (χ1v) is 35.6. The quantitative estimate of drug-likeness (QED) is 0.0344.